The van der Waals surface area contributed by atoms with Crippen LogP contribution >= 0.6 is 0 Å². The molecule has 0 radical (unpaired) electrons. The summed E-state index contributed by atoms with van der Waals surface area (Å²) in [5.41, 5.74) is 5.66. The van der Waals surface area contributed by atoms with E-state index in [0.29, 0.717) is 30.3 Å². The van der Waals surface area contributed by atoms with Crippen molar-refractivity contribution in [3.8, 4) is 0 Å². The fourth-order valence-corrected chi connectivity index (χ4v) is 0.962. The highest BCUT2D eigenvalue weighted by Crippen LogP contribution is 1.96. The van der Waals surface area contributed by atoms with Crippen LogP contribution in [0.2, 0.25) is 0 Å². The molecule has 0 fully saturated rings. The van der Waals surface area contributed by atoms with Gasteiger partial charge in [-0.25, -0.2) is 4.99 Å². The van der Waals surface area contributed by atoms with E-state index in [1.54, 1.807) is 6.92 Å². The molecule has 1 heterocycles. The van der Waals surface area contributed by atoms with Crippen LogP contribution in [-0.2, 0) is 6.54 Å². The fraction of sp³-hybridized carbons (Fsp3) is 0.667. The zero-order chi connectivity index (χ0) is 11.3. The van der Waals surface area contributed by atoms with Gasteiger partial charge in [-0.2, -0.15) is 4.98 Å². The van der Waals surface area contributed by atoms with Gasteiger partial charge in [0.05, 0.1) is 0 Å². The third kappa shape index (κ3) is 3.97. The van der Waals surface area contributed by atoms with Crippen molar-refractivity contribution >= 4 is 5.96 Å². The quantitative estimate of drug-likeness (QED) is 0.561. The Labute approximate surface area is 89.0 Å². The van der Waals surface area contributed by atoms with E-state index in [4.69, 9.17) is 10.3 Å². The lowest BCUT2D eigenvalue weighted by Gasteiger charge is -2.10. The van der Waals surface area contributed by atoms with E-state index in [9.17, 15) is 0 Å². The van der Waals surface area contributed by atoms with Crippen LogP contribution in [0.25, 0.3) is 0 Å². The smallest absolute Gasteiger partial charge is 0.223 e. The summed E-state index contributed by atoms with van der Waals surface area (Å²) in [6.07, 6.45) is 0.998. The second-order valence-electron chi connectivity index (χ2n) is 3.38. The van der Waals surface area contributed by atoms with Crippen LogP contribution in [0, 0.1) is 6.92 Å². The van der Waals surface area contributed by atoms with E-state index in [0.717, 1.165) is 6.42 Å². The standard InChI is InChI=1S/C9H17N5O/c1-4-6(2)12-9(10)11-5-8-13-7(3)15-14-8/h6H,4-5H2,1-3H3,(H3,10,11,12). The molecule has 1 unspecified atom stereocenters. The van der Waals surface area contributed by atoms with Gasteiger partial charge >= 0.3 is 0 Å². The Morgan fingerprint density at radius 2 is 2.40 bits per heavy atom. The predicted octanol–water partition coefficient (Wildman–Crippen LogP) is 0.581. The highest BCUT2D eigenvalue weighted by atomic mass is 16.5. The molecule has 1 aromatic rings. The first-order chi connectivity index (χ1) is 7.11. The lowest BCUT2D eigenvalue weighted by Crippen LogP contribution is -2.38. The Bertz CT molecular complexity index is 333. The van der Waals surface area contributed by atoms with Gasteiger partial charge in [-0.15, -0.1) is 0 Å². The zero-order valence-corrected chi connectivity index (χ0v) is 9.32. The number of aliphatic imine (C=N–C) groups is 1. The van der Waals surface area contributed by atoms with Crippen molar-refractivity contribution in [2.45, 2.75) is 39.8 Å². The van der Waals surface area contributed by atoms with Crippen molar-refractivity contribution in [2.75, 3.05) is 0 Å². The number of nitrogens with two attached hydrogens (primary N) is 1. The minimum atomic E-state index is 0.320. The van der Waals surface area contributed by atoms with E-state index in [1.807, 2.05) is 6.92 Å². The Morgan fingerprint density at radius 1 is 1.67 bits per heavy atom. The molecule has 0 amide bonds. The molecule has 0 spiro atoms. The summed E-state index contributed by atoms with van der Waals surface area (Å²) in [7, 11) is 0. The molecule has 84 valence electrons. The number of aromatic nitrogens is 2. The zero-order valence-electron chi connectivity index (χ0n) is 9.32. The normalized spacial score (nSPS) is 13.9. The second-order valence-corrected chi connectivity index (χ2v) is 3.38. The van der Waals surface area contributed by atoms with Crippen LogP contribution in [-0.4, -0.2) is 22.1 Å². The summed E-state index contributed by atoms with van der Waals surface area (Å²) < 4.78 is 4.81. The lowest BCUT2D eigenvalue weighted by molar-refractivity contribution is 0.387. The number of nitrogens with one attached hydrogen (secondary N) is 1. The molecular formula is C9H17N5O. The third-order valence-electron chi connectivity index (χ3n) is 1.97. The topological polar surface area (TPSA) is 89.3 Å². The summed E-state index contributed by atoms with van der Waals surface area (Å²) >= 11 is 0. The number of aryl methyl sites for hydroxylation is 1. The predicted molar refractivity (Wildman–Crippen MR) is 57.3 cm³/mol. The summed E-state index contributed by atoms with van der Waals surface area (Å²) in [6, 6.07) is 0.320. The summed E-state index contributed by atoms with van der Waals surface area (Å²) in [4.78, 5) is 8.11. The maximum absolute atomic E-state index is 5.66. The van der Waals surface area contributed by atoms with Crippen molar-refractivity contribution in [1.29, 1.82) is 0 Å². The maximum atomic E-state index is 5.66. The lowest BCUT2D eigenvalue weighted by atomic mass is 10.3. The highest BCUT2D eigenvalue weighted by molar-refractivity contribution is 5.78. The summed E-state index contributed by atoms with van der Waals surface area (Å²) in [6.45, 7) is 6.20. The molecule has 6 heteroatoms. The molecule has 6 nitrogen and oxygen atoms in total. The molecule has 0 aliphatic carbocycles. The van der Waals surface area contributed by atoms with Gasteiger partial charge < -0.3 is 15.6 Å². The molecule has 0 bridgehead atoms. The van der Waals surface area contributed by atoms with Crippen LogP contribution in [0.1, 0.15) is 32.0 Å². The molecule has 1 aromatic heterocycles. The summed E-state index contributed by atoms with van der Waals surface area (Å²) in [5.74, 6) is 1.49. The van der Waals surface area contributed by atoms with Crippen LogP contribution in [0.3, 0.4) is 0 Å². The van der Waals surface area contributed by atoms with Crippen LogP contribution in [0.5, 0.6) is 0 Å². The minimum Gasteiger partial charge on any atom is -0.370 e. The monoisotopic (exact) mass is 211 g/mol. The van der Waals surface area contributed by atoms with Gasteiger partial charge in [0, 0.05) is 13.0 Å². The number of hydrogen-bond acceptors (Lipinski definition) is 4. The average molecular weight is 211 g/mol. The first-order valence-corrected chi connectivity index (χ1v) is 4.97. The molecule has 3 N–H and O–H groups in total. The Morgan fingerprint density at radius 3 is 2.93 bits per heavy atom. The fourth-order valence-electron chi connectivity index (χ4n) is 0.962. The number of nitrogens with zero attached hydrogens (tertiary/aromatic N) is 3. The van der Waals surface area contributed by atoms with Gasteiger partial charge in [-0.3, -0.25) is 0 Å². The maximum Gasteiger partial charge on any atom is 0.223 e. The van der Waals surface area contributed by atoms with E-state index in [1.165, 1.54) is 0 Å². The molecule has 0 aliphatic rings. The molecule has 1 atom stereocenters. The molecule has 0 saturated heterocycles. The Hall–Kier alpha value is -1.59. The van der Waals surface area contributed by atoms with Crippen molar-refractivity contribution in [1.82, 2.24) is 15.5 Å². The average Bonchev–Trinajstić information content (AvgIpc) is 2.61. The molecule has 1 rings (SSSR count). The van der Waals surface area contributed by atoms with Crippen LogP contribution in [0.4, 0.5) is 0 Å². The van der Waals surface area contributed by atoms with Gasteiger partial charge in [-0.1, -0.05) is 12.1 Å². The van der Waals surface area contributed by atoms with Gasteiger partial charge in [0.2, 0.25) is 5.89 Å². The van der Waals surface area contributed by atoms with Crippen molar-refractivity contribution in [2.24, 2.45) is 10.7 Å². The van der Waals surface area contributed by atoms with E-state index < -0.39 is 0 Å². The van der Waals surface area contributed by atoms with E-state index >= 15 is 0 Å². The largest absolute Gasteiger partial charge is 0.370 e. The SMILES string of the molecule is CCC(C)NC(N)=NCc1noc(C)n1. The molecule has 15 heavy (non-hydrogen) atoms. The van der Waals surface area contributed by atoms with Crippen molar-refractivity contribution in [3.63, 3.8) is 0 Å². The van der Waals surface area contributed by atoms with Gasteiger partial charge in [0.1, 0.15) is 6.54 Å². The van der Waals surface area contributed by atoms with Gasteiger partial charge in [0.15, 0.2) is 11.8 Å². The van der Waals surface area contributed by atoms with Gasteiger partial charge in [-0.05, 0) is 13.3 Å². The van der Waals surface area contributed by atoms with Crippen molar-refractivity contribution < 1.29 is 4.52 Å². The molecule has 0 aromatic carbocycles. The van der Waals surface area contributed by atoms with Crippen LogP contribution < -0.4 is 11.1 Å². The third-order valence-corrected chi connectivity index (χ3v) is 1.97. The minimum absolute atomic E-state index is 0.320. The first kappa shape index (κ1) is 11.5. The number of hydrogen-bond donors (Lipinski definition) is 2. The summed E-state index contributed by atoms with van der Waals surface area (Å²) in [5, 5.41) is 6.76. The highest BCUT2D eigenvalue weighted by Gasteiger charge is 2.02. The van der Waals surface area contributed by atoms with Crippen LogP contribution in [0.15, 0.2) is 9.52 Å². The number of guanidine groups is 1. The molecule has 0 aliphatic heterocycles. The molecule has 0 saturated carbocycles. The Kier molecular flexibility index (Phi) is 4.08. The Balaban J connectivity index is 2.43. The van der Waals surface area contributed by atoms with E-state index in [-0.39, 0.29) is 0 Å². The van der Waals surface area contributed by atoms with E-state index in [2.05, 4.69) is 27.4 Å². The van der Waals surface area contributed by atoms with Crippen molar-refractivity contribution in [3.05, 3.63) is 11.7 Å². The number of rotatable bonds is 4. The molecular weight excluding hydrogens is 194 g/mol. The second kappa shape index (κ2) is 5.33. The first-order valence-electron chi connectivity index (χ1n) is 4.97. The van der Waals surface area contributed by atoms with Gasteiger partial charge in [0.25, 0.3) is 0 Å².